The van der Waals surface area contributed by atoms with Crippen molar-refractivity contribution in [1.82, 2.24) is 10.2 Å². The van der Waals surface area contributed by atoms with E-state index in [4.69, 9.17) is 23.2 Å². The van der Waals surface area contributed by atoms with Crippen molar-refractivity contribution in [3.63, 3.8) is 0 Å². The Balaban J connectivity index is 2.07. The van der Waals surface area contributed by atoms with E-state index in [9.17, 15) is 9.59 Å². The molecule has 0 aliphatic rings. The van der Waals surface area contributed by atoms with Gasteiger partial charge in [-0.1, -0.05) is 57.3 Å². The van der Waals surface area contributed by atoms with Gasteiger partial charge < -0.3 is 10.2 Å². The minimum Gasteiger partial charge on any atom is -0.352 e. The molecule has 2 aromatic carbocycles. The van der Waals surface area contributed by atoms with Crippen LogP contribution in [-0.4, -0.2) is 34.6 Å². The lowest BCUT2D eigenvalue weighted by Gasteiger charge is -2.29. The fourth-order valence-corrected chi connectivity index (χ4v) is 4.19. The third kappa shape index (κ3) is 7.80. The zero-order valence-electron chi connectivity index (χ0n) is 17.1. The minimum atomic E-state index is -0.575. The Kier molecular flexibility index (Phi) is 10.0. The van der Waals surface area contributed by atoms with Crippen LogP contribution < -0.4 is 5.32 Å². The Morgan fingerprint density at radius 3 is 2.27 bits per heavy atom. The normalized spacial score (nSPS) is 12.0. The summed E-state index contributed by atoms with van der Waals surface area (Å²) in [4.78, 5) is 27.2. The van der Waals surface area contributed by atoms with Gasteiger partial charge >= 0.3 is 0 Å². The molecule has 0 spiro atoms. The van der Waals surface area contributed by atoms with E-state index in [1.54, 1.807) is 24.0 Å². The molecular formula is C22H25BrCl2N2O2S. The molecule has 0 bridgehead atoms. The van der Waals surface area contributed by atoms with Gasteiger partial charge in [0, 0.05) is 22.8 Å². The maximum Gasteiger partial charge on any atom is 0.242 e. The van der Waals surface area contributed by atoms with Gasteiger partial charge in [-0.05, 0) is 56.2 Å². The highest BCUT2D eigenvalue weighted by molar-refractivity contribution is 9.10. The van der Waals surface area contributed by atoms with Crippen LogP contribution in [0.25, 0.3) is 0 Å². The van der Waals surface area contributed by atoms with Crippen molar-refractivity contribution < 1.29 is 9.59 Å². The van der Waals surface area contributed by atoms with Crippen LogP contribution in [0.3, 0.4) is 0 Å². The van der Waals surface area contributed by atoms with Crippen molar-refractivity contribution in [1.29, 1.82) is 0 Å². The average molecular weight is 532 g/mol. The molecule has 0 fully saturated rings. The topological polar surface area (TPSA) is 49.4 Å². The van der Waals surface area contributed by atoms with Crippen LogP contribution in [0.2, 0.25) is 10.0 Å². The number of rotatable bonds is 9. The van der Waals surface area contributed by atoms with E-state index in [0.717, 1.165) is 15.6 Å². The van der Waals surface area contributed by atoms with E-state index in [1.165, 1.54) is 11.8 Å². The Morgan fingerprint density at radius 2 is 1.67 bits per heavy atom. The van der Waals surface area contributed by atoms with Gasteiger partial charge in [-0.2, -0.15) is 0 Å². The maximum absolute atomic E-state index is 13.0. The van der Waals surface area contributed by atoms with E-state index in [2.05, 4.69) is 21.2 Å². The fourth-order valence-electron chi connectivity index (χ4n) is 2.74. The molecule has 0 saturated heterocycles. The molecule has 2 amide bonds. The second kappa shape index (κ2) is 12.0. The molecule has 1 atom stereocenters. The van der Waals surface area contributed by atoms with Crippen LogP contribution >= 0.6 is 50.9 Å². The zero-order chi connectivity index (χ0) is 22.3. The molecule has 2 aromatic rings. The number of thioether (sulfide) groups is 1. The van der Waals surface area contributed by atoms with Crippen LogP contribution in [0.15, 0.2) is 46.9 Å². The third-order valence-corrected chi connectivity index (χ3v) is 6.60. The summed E-state index contributed by atoms with van der Waals surface area (Å²) in [6.45, 7) is 5.93. The summed E-state index contributed by atoms with van der Waals surface area (Å²) in [6.07, 6.45) is 0. The van der Waals surface area contributed by atoms with E-state index < -0.39 is 6.04 Å². The number of hydrogen-bond donors (Lipinski definition) is 1. The summed E-state index contributed by atoms with van der Waals surface area (Å²) in [5.74, 6) is 0.636. The number of carbonyl (C=O) groups excluding carboxylic acids is 2. The van der Waals surface area contributed by atoms with E-state index in [0.29, 0.717) is 22.3 Å². The van der Waals surface area contributed by atoms with Gasteiger partial charge in [-0.15, -0.1) is 11.8 Å². The van der Waals surface area contributed by atoms with Crippen LogP contribution in [0.4, 0.5) is 0 Å². The Hall–Kier alpha value is -1.21. The van der Waals surface area contributed by atoms with Crippen molar-refractivity contribution in [3.8, 4) is 0 Å². The van der Waals surface area contributed by atoms with E-state index in [1.807, 2.05) is 44.2 Å². The number of carbonyl (C=O) groups is 2. The van der Waals surface area contributed by atoms with Gasteiger partial charge in [-0.3, -0.25) is 9.59 Å². The predicted octanol–water partition coefficient (Wildman–Crippen LogP) is 5.93. The van der Waals surface area contributed by atoms with Gasteiger partial charge in [0.05, 0.1) is 15.8 Å². The number of amides is 2. The van der Waals surface area contributed by atoms with E-state index in [-0.39, 0.29) is 23.6 Å². The third-order valence-electron chi connectivity index (χ3n) is 4.34. The molecule has 2 rings (SSSR count). The zero-order valence-corrected chi connectivity index (χ0v) is 21.0. The van der Waals surface area contributed by atoms with Gasteiger partial charge in [0.15, 0.2) is 0 Å². The second-order valence-electron chi connectivity index (χ2n) is 7.23. The smallest absolute Gasteiger partial charge is 0.242 e. The maximum atomic E-state index is 13.0. The van der Waals surface area contributed by atoms with Gasteiger partial charge in [-0.25, -0.2) is 0 Å². The number of hydrogen-bond acceptors (Lipinski definition) is 3. The van der Waals surface area contributed by atoms with Crippen molar-refractivity contribution in [2.75, 3.05) is 5.75 Å². The van der Waals surface area contributed by atoms with E-state index >= 15 is 0 Å². The molecule has 8 heteroatoms. The van der Waals surface area contributed by atoms with Crippen molar-refractivity contribution in [3.05, 3.63) is 68.1 Å². The first-order chi connectivity index (χ1) is 14.2. The summed E-state index contributed by atoms with van der Waals surface area (Å²) in [6, 6.07) is 12.6. The molecule has 0 saturated carbocycles. The summed E-state index contributed by atoms with van der Waals surface area (Å²) in [7, 11) is 0. The summed E-state index contributed by atoms with van der Waals surface area (Å²) < 4.78 is 0.965. The molecule has 0 radical (unpaired) electrons. The quantitative estimate of drug-likeness (QED) is 0.436. The molecule has 0 aliphatic heterocycles. The molecule has 162 valence electrons. The Bertz CT molecular complexity index is 878. The first kappa shape index (κ1) is 25.1. The molecule has 0 unspecified atom stereocenters. The highest BCUT2D eigenvalue weighted by Gasteiger charge is 2.26. The standard InChI is InChI=1S/C22H25BrCl2N2O2S/c1-14(2)26-22(29)15(3)27(11-16-4-7-18(23)8-5-16)21(28)13-30-12-17-6-9-19(24)20(25)10-17/h4-10,14-15H,11-13H2,1-3H3,(H,26,29)/t15-/m1/s1. The average Bonchev–Trinajstić information content (AvgIpc) is 2.69. The van der Waals surface area contributed by atoms with Crippen molar-refractivity contribution >= 4 is 62.7 Å². The molecule has 4 nitrogen and oxygen atoms in total. The SMILES string of the molecule is CC(C)NC(=O)[C@@H](C)N(Cc1ccc(Br)cc1)C(=O)CSCc1ccc(Cl)c(Cl)c1. The monoisotopic (exact) mass is 530 g/mol. The highest BCUT2D eigenvalue weighted by atomic mass is 79.9. The lowest BCUT2D eigenvalue weighted by atomic mass is 10.1. The molecular weight excluding hydrogens is 507 g/mol. The minimum absolute atomic E-state index is 0.00797. The Morgan fingerprint density at radius 1 is 1.03 bits per heavy atom. The number of nitrogens with zero attached hydrogens (tertiary/aromatic N) is 1. The second-order valence-corrected chi connectivity index (χ2v) is 9.94. The molecule has 0 aliphatic carbocycles. The molecule has 0 aromatic heterocycles. The molecule has 1 N–H and O–H groups in total. The first-order valence-corrected chi connectivity index (χ1v) is 12.2. The fraction of sp³-hybridized carbons (Fsp3) is 0.364. The summed E-state index contributed by atoms with van der Waals surface area (Å²) in [5, 5.41) is 3.90. The van der Waals surface area contributed by atoms with Crippen LogP contribution in [0, 0.1) is 0 Å². The predicted molar refractivity (Wildman–Crippen MR) is 130 cm³/mol. The van der Waals surface area contributed by atoms with Crippen molar-refractivity contribution in [2.45, 2.75) is 45.2 Å². The number of nitrogens with one attached hydrogen (secondary N) is 1. The molecule has 30 heavy (non-hydrogen) atoms. The summed E-state index contributed by atoms with van der Waals surface area (Å²) in [5.41, 5.74) is 1.96. The van der Waals surface area contributed by atoms with Gasteiger partial charge in [0.1, 0.15) is 6.04 Å². The first-order valence-electron chi connectivity index (χ1n) is 9.53. The van der Waals surface area contributed by atoms with Crippen LogP contribution in [0.1, 0.15) is 31.9 Å². The lowest BCUT2D eigenvalue weighted by Crippen LogP contribution is -2.49. The largest absolute Gasteiger partial charge is 0.352 e. The van der Waals surface area contributed by atoms with Gasteiger partial charge in [0.25, 0.3) is 0 Å². The Labute approximate surface area is 200 Å². The van der Waals surface area contributed by atoms with Gasteiger partial charge in [0.2, 0.25) is 11.8 Å². The number of benzene rings is 2. The summed E-state index contributed by atoms with van der Waals surface area (Å²) >= 11 is 16.9. The number of halogens is 3. The molecule has 0 heterocycles. The van der Waals surface area contributed by atoms with Crippen LogP contribution in [0.5, 0.6) is 0 Å². The lowest BCUT2D eigenvalue weighted by molar-refractivity contribution is -0.138. The van der Waals surface area contributed by atoms with Crippen molar-refractivity contribution in [2.24, 2.45) is 0 Å². The van der Waals surface area contributed by atoms with Crippen LogP contribution in [-0.2, 0) is 21.9 Å². The highest BCUT2D eigenvalue weighted by Crippen LogP contribution is 2.25.